The Labute approximate surface area is 249 Å². The molecule has 0 radical (unpaired) electrons. The maximum absolute atomic E-state index is 13.6. The van der Waals surface area contributed by atoms with E-state index in [1.807, 2.05) is 33.8 Å². The van der Waals surface area contributed by atoms with E-state index < -0.39 is 72.7 Å². The number of nitrogens with two attached hydrogens (primary N) is 2. The largest absolute Gasteiger partial charge is 0.393 e. The minimum Gasteiger partial charge on any atom is -0.393 e. The van der Waals surface area contributed by atoms with E-state index in [9.17, 15) is 30.3 Å². The number of hydrogen-bond donors (Lipinski definition) is 8. The maximum Gasteiger partial charge on any atom is 0.228 e. The van der Waals surface area contributed by atoms with E-state index in [0.29, 0.717) is 0 Å². The van der Waals surface area contributed by atoms with Gasteiger partial charge >= 0.3 is 0 Å². The summed E-state index contributed by atoms with van der Waals surface area (Å²) in [7, 11) is 0. The van der Waals surface area contributed by atoms with Gasteiger partial charge in [0.15, 0.2) is 12.1 Å². The van der Waals surface area contributed by atoms with Gasteiger partial charge in [0, 0.05) is 31.3 Å². The van der Waals surface area contributed by atoms with E-state index in [1.54, 1.807) is 13.0 Å². The summed E-state index contributed by atoms with van der Waals surface area (Å²) in [5, 5.41) is 57.2. The van der Waals surface area contributed by atoms with Gasteiger partial charge in [-0.05, 0) is 44.4 Å². The van der Waals surface area contributed by atoms with Crippen molar-refractivity contribution in [1.29, 1.82) is 0 Å². The Morgan fingerprint density at radius 1 is 1.07 bits per heavy atom. The molecule has 1 amide bonds. The lowest BCUT2D eigenvalue weighted by Gasteiger charge is -2.46. The Morgan fingerprint density at radius 2 is 1.71 bits per heavy atom. The summed E-state index contributed by atoms with van der Waals surface area (Å²) in [5.41, 5.74) is 12.0. The fraction of sp³-hybridized carbons (Fsp3) is 0.900. The predicted molar refractivity (Wildman–Crippen MR) is 156 cm³/mol. The van der Waals surface area contributed by atoms with Crippen molar-refractivity contribution in [2.75, 3.05) is 0 Å². The summed E-state index contributed by atoms with van der Waals surface area (Å²) in [5.74, 6) is -3.32. The van der Waals surface area contributed by atoms with Crippen molar-refractivity contribution in [3.8, 4) is 0 Å². The summed E-state index contributed by atoms with van der Waals surface area (Å²) in [6.07, 6.45) is -1.86. The molecule has 1 aliphatic carbocycles. The van der Waals surface area contributed by atoms with Gasteiger partial charge in [-0.25, -0.2) is 0 Å². The monoisotopic (exact) mass is 601 g/mol. The van der Waals surface area contributed by atoms with Gasteiger partial charge in [0.25, 0.3) is 0 Å². The number of allylic oxidation sites excluding steroid dienone is 1. The van der Waals surface area contributed by atoms with Gasteiger partial charge in [-0.2, -0.15) is 0 Å². The van der Waals surface area contributed by atoms with Crippen LogP contribution in [0.1, 0.15) is 79.6 Å². The third kappa shape index (κ3) is 9.40. The van der Waals surface area contributed by atoms with Crippen molar-refractivity contribution < 1.29 is 44.5 Å². The minimum atomic E-state index is -1.88. The Morgan fingerprint density at radius 3 is 2.31 bits per heavy atom. The van der Waals surface area contributed by atoms with Crippen molar-refractivity contribution in [3.05, 3.63) is 12.2 Å². The van der Waals surface area contributed by atoms with Crippen molar-refractivity contribution in [2.24, 2.45) is 29.2 Å². The first-order valence-electron chi connectivity index (χ1n) is 15.5. The van der Waals surface area contributed by atoms with Crippen molar-refractivity contribution in [2.45, 2.75) is 152 Å². The highest BCUT2D eigenvalue weighted by atomic mass is 16.7. The Hall–Kier alpha value is -1.19. The predicted octanol–water partition coefficient (Wildman–Crippen LogP) is 0.0155. The molecule has 0 spiro atoms. The molecule has 2 heterocycles. The van der Waals surface area contributed by atoms with Gasteiger partial charge in [0.1, 0.15) is 6.10 Å². The smallest absolute Gasteiger partial charge is 0.228 e. The van der Waals surface area contributed by atoms with Crippen molar-refractivity contribution in [3.63, 3.8) is 0 Å². The quantitative estimate of drug-likeness (QED) is 0.148. The molecular weight excluding hydrogens is 546 g/mol. The van der Waals surface area contributed by atoms with E-state index in [-0.39, 0.29) is 43.2 Å². The van der Waals surface area contributed by atoms with Crippen LogP contribution in [0.2, 0.25) is 0 Å². The molecule has 11 atom stereocenters. The van der Waals surface area contributed by atoms with Gasteiger partial charge in [-0.3, -0.25) is 4.79 Å². The Bertz CT molecular complexity index is 884. The average molecular weight is 602 g/mol. The fourth-order valence-corrected chi connectivity index (χ4v) is 6.01. The Kier molecular flexibility index (Phi) is 12.8. The number of aliphatic hydroxyl groups is 5. The molecule has 244 valence electrons. The first kappa shape index (κ1) is 35.3. The summed E-state index contributed by atoms with van der Waals surface area (Å²) in [4.78, 5) is 13.6. The second-order valence-electron chi connectivity index (χ2n) is 13.3. The van der Waals surface area contributed by atoms with Crippen LogP contribution >= 0.6 is 0 Å². The molecule has 10 N–H and O–H groups in total. The molecule has 42 heavy (non-hydrogen) atoms. The van der Waals surface area contributed by atoms with Crippen LogP contribution < -0.4 is 16.8 Å². The molecule has 1 saturated carbocycles. The molecule has 12 nitrogen and oxygen atoms in total. The molecule has 3 rings (SSSR count). The first-order chi connectivity index (χ1) is 19.6. The Balaban J connectivity index is 1.87. The van der Waals surface area contributed by atoms with E-state index in [0.717, 1.165) is 25.7 Å². The molecule has 3 fully saturated rings. The van der Waals surface area contributed by atoms with Gasteiger partial charge < -0.3 is 56.5 Å². The zero-order valence-electron chi connectivity index (χ0n) is 25.7. The van der Waals surface area contributed by atoms with Crippen LogP contribution in [0.4, 0.5) is 0 Å². The molecular formula is C30H55N3O9. The number of hydrogen-bond acceptors (Lipinski definition) is 11. The van der Waals surface area contributed by atoms with Gasteiger partial charge in [-0.1, -0.05) is 39.8 Å². The van der Waals surface area contributed by atoms with Crippen molar-refractivity contribution in [1.82, 2.24) is 5.32 Å². The lowest BCUT2D eigenvalue weighted by molar-refractivity contribution is -0.307. The number of carbonyl (C=O) groups excluding carboxylic acids is 1. The third-order valence-electron chi connectivity index (χ3n) is 8.81. The molecule has 12 heteroatoms. The van der Waals surface area contributed by atoms with E-state index >= 15 is 0 Å². The zero-order valence-corrected chi connectivity index (χ0v) is 25.7. The number of aliphatic hydroxyl groups excluding tert-OH is 4. The van der Waals surface area contributed by atoms with Crippen LogP contribution in [-0.2, 0) is 19.0 Å². The van der Waals surface area contributed by atoms with Gasteiger partial charge in [0.2, 0.25) is 5.91 Å². The van der Waals surface area contributed by atoms with Crippen LogP contribution in [0.25, 0.3) is 0 Å². The van der Waals surface area contributed by atoms with Crippen LogP contribution in [0.3, 0.4) is 0 Å². The van der Waals surface area contributed by atoms with Crippen LogP contribution in [0.15, 0.2) is 12.2 Å². The van der Waals surface area contributed by atoms with Gasteiger partial charge in [0.05, 0.1) is 48.6 Å². The highest BCUT2D eigenvalue weighted by Gasteiger charge is 2.51. The van der Waals surface area contributed by atoms with Crippen LogP contribution in [-0.4, -0.2) is 104 Å². The topological polar surface area (TPSA) is 210 Å². The lowest BCUT2D eigenvalue weighted by Crippen LogP contribution is -2.62. The number of rotatable bonds is 11. The third-order valence-corrected chi connectivity index (χ3v) is 8.81. The summed E-state index contributed by atoms with van der Waals surface area (Å²) >= 11 is 0. The first-order valence-corrected chi connectivity index (χ1v) is 15.5. The molecule has 0 bridgehead atoms. The van der Waals surface area contributed by atoms with Crippen LogP contribution in [0.5, 0.6) is 0 Å². The number of nitrogens with one attached hydrogen (secondary N) is 1. The maximum atomic E-state index is 13.6. The summed E-state index contributed by atoms with van der Waals surface area (Å²) in [6, 6.07) is -0.968. The lowest BCUT2D eigenvalue weighted by atomic mass is 9.81. The highest BCUT2D eigenvalue weighted by molar-refractivity contribution is 5.80. The second kappa shape index (κ2) is 15.2. The summed E-state index contributed by atoms with van der Waals surface area (Å²) < 4.78 is 18.1. The number of amides is 1. The molecule has 0 aromatic heterocycles. The number of carbonyl (C=O) groups is 1. The standard InChI is InChI=1S/C30H55N3O9/c1-15(2)6-11-20(41-29-27(37)25(32)26(36)17(5)40-29)12-23-24(28(38)33-19-9-7-18(31)8-10-19)22(35)14-30(39,42-23)13-21(34)16(3)4/h6,11,15-27,29,34-37,39H,7-10,12-14,31-32H2,1-5H3,(H,33,38)/b11-6+/t17?,18-,19-,20?,21?,22-,23-,24?,25?,26?,27?,29?,30?/m0/s1. The van der Waals surface area contributed by atoms with E-state index in [2.05, 4.69) is 5.32 Å². The van der Waals surface area contributed by atoms with E-state index in [1.165, 1.54) is 0 Å². The molecule has 0 aromatic rings. The summed E-state index contributed by atoms with van der Waals surface area (Å²) in [6.45, 7) is 9.22. The second-order valence-corrected chi connectivity index (χ2v) is 13.3. The van der Waals surface area contributed by atoms with Crippen LogP contribution in [0, 0.1) is 17.8 Å². The number of ether oxygens (including phenoxy) is 3. The zero-order chi connectivity index (χ0) is 31.4. The average Bonchev–Trinajstić information content (AvgIpc) is 2.89. The molecule has 9 unspecified atom stereocenters. The highest BCUT2D eigenvalue weighted by Crippen LogP contribution is 2.38. The van der Waals surface area contributed by atoms with Gasteiger partial charge in [-0.15, -0.1) is 0 Å². The SMILES string of the molecule is CC(C)/C=C/C(C[C@@H]1OC(O)(CC(O)C(C)C)C[C@H](O)C1C(=O)N[C@H]1CC[C@H](N)CC1)OC1OC(C)C(O)C(N)C1O. The molecule has 3 aliphatic rings. The molecule has 0 aromatic carbocycles. The van der Waals surface area contributed by atoms with Crippen molar-refractivity contribution >= 4 is 5.91 Å². The normalized spacial score (nSPS) is 41.3. The minimum absolute atomic E-state index is 0.0206. The molecule has 2 aliphatic heterocycles. The fourth-order valence-electron chi connectivity index (χ4n) is 6.01. The van der Waals surface area contributed by atoms with E-state index in [4.69, 9.17) is 25.7 Å². The molecule has 2 saturated heterocycles.